The molecule has 0 aliphatic carbocycles. The molecule has 0 aliphatic heterocycles. The van der Waals surface area contributed by atoms with Gasteiger partial charge in [-0.05, 0) is 24.0 Å². The topological polar surface area (TPSA) is 52.2 Å². The molecule has 0 aliphatic rings. The molecule has 0 fully saturated rings. The van der Waals surface area contributed by atoms with E-state index in [0.717, 1.165) is 18.4 Å². The molecule has 0 bridgehead atoms. The first-order valence-electron chi connectivity index (χ1n) is 8.03. The van der Waals surface area contributed by atoms with Gasteiger partial charge in [-0.25, -0.2) is 0 Å². The highest BCUT2D eigenvalue weighted by Crippen LogP contribution is 2.22. The summed E-state index contributed by atoms with van der Waals surface area (Å²) in [5.41, 5.74) is 3.61. The zero-order chi connectivity index (χ0) is 17.6. The minimum Gasteiger partial charge on any atom is -0.361 e. The van der Waals surface area contributed by atoms with E-state index < -0.39 is 12.6 Å². The SMILES string of the molecule is CCc1cccc2c(CCNC(=NC)NCCC(F)(F)F)c[nH]c12.I. The Morgan fingerprint density at radius 1 is 1.16 bits per heavy atom. The number of rotatable bonds is 6. The molecular weight excluding hydrogens is 444 g/mol. The number of fused-ring (bicyclic) bond motifs is 1. The first-order chi connectivity index (χ1) is 11.4. The summed E-state index contributed by atoms with van der Waals surface area (Å²) in [7, 11) is 1.54. The first-order valence-corrected chi connectivity index (χ1v) is 8.03. The summed E-state index contributed by atoms with van der Waals surface area (Å²) >= 11 is 0. The van der Waals surface area contributed by atoms with Crippen molar-refractivity contribution in [2.24, 2.45) is 4.99 Å². The number of aliphatic imine (C=N–C) groups is 1. The quantitative estimate of drug-likeness (QED) is 0.341. The molecule has 1 aromatic carbocycles. The van der Waals surface area contributed by atoms with E-state index in [9.17, 15) is 13.2 Å². The molecule has 0 radical (unpaired) electrons. The Morgan fingerprint density at radius 2 is 1.88 bits per heavy atom. The van der Waals surface area contributed by atoms with E-state index in [0.29, 0.717) is 12.5 Å². The predicted molar refractivity (Wildman–Crippen MR) is 107 cm³/mol. The third kappa shape index (κ3) is 6.41. The van der Waals surface area contributed by atoms with Gasteiger partial charge in [-0.1, -0.05) is 25.1 Å². The molecule has 0 unspecified atom stereocenters. The van der Waals surface area contributed by atoms with Crippen molar-refractivity contribution < 1.29 is 13.2 Å². The number of halogens is 4. The van der Waals surface area contributed by atoms with Crippen LogP contribution in [0.4, 0.5) is 13.2 Å². The molecule has 2 aromatic rings. The molecule has 0 spiro atoms. The van der Waals surface area contributed by atoms with Crippen molar-refractivity contribution >= 4 is 40.8 Å². The van der Waals surface area contributed by atoms with Gasteiger partial charge in [0.25, 0.3) is 0 Å². The lowest BCUT2D eigenvalue weighted by Crippen LogP contribution is -2.39. The van der Waals surface area contributed by atoms with Crippen LogP contribution in [-0.2, 0) is 12.8 Å². The number of guanidine groups is 1. The van der Waals surface area contributed by atoms with Crippen molar-refractivity contribution in [3.05, 3.63) is 35.5 Å². The highest BCUT2D eigenvalue weighted by molar-refractivity contribution is 14.0. The van der Waals surface area contributed by atoms with Crippen molar-refractivity contribution in [1.29, 1.82) is 0 Å². The molecule has 2 rings (SSSR count). The molecule has 1 aromatic heterocycles. The number of hydrogen-bond acceptors (Lipinski definition) is 1. The molecule has 8 heteroatoms. The average molecular weight is 468 g/mol. The molecule has 25 heavy (non-hydrogen) atoms. The summed E-state index contributed by atoms with van der Waals surface area (Å²) in [6.07, 6.45) is -1.33. The van der Waals surface area contributed by atoms with Gasteiger partial charge in [0.2, 0.25) is 0 Å². The number of nitrogens with zero attached hydrogens (tertiary/aromatic N) is 1. The Bertz CT molecular complexity index is 695. The largest absolute Gasteiger partial charge is 0.390 e. The third-order valence-corrected chi connectivity index (χ3v) is 3.88. The summed E-state index contributed by atoms with van der Waals surface area (Å²) in [6, 6.07) is 6.23. The maximum absolute atomic E-state index is 12.2. The van der Waals surface area contributed by atoms with Crippen molar-refractivity contribution in [3.63, 3.8) is 0 Å². The van der Waals surface area contributed by atoms with E-state index in [1.54, 1.807) is 7.05 Å². The number of aromatic nitrogens is 1. The monoisotopic (exact) mass is 468 g/mol. The second-order valence-corrected chi connectivity index (χ2v) is 5.55. The molecule has 140 valence electrons. The van der Waals surface area contributed by atoms with Crippen molar-refractivity contribution in [2.75, 3.05) is 20.1 Å². The van der Waals surface area contributed by atoms with Crippen LogP contribution in [0, 0.1) is 0 Å². The van der Waals surface area contributed by atoms with E-state index in [2.05, 4.69) is 39.7 Å². The Hall–Kier alpha value is -1.45. The van der Waals surface area contributed by atoms with E-state index >= 15 is 0 Å². The smallest absolute Gasteiger partial charge is 0.361 e. The highest BCUT2D eigenvalue weighted by Gasteiger charge is 2.26. The maximum atomic E-state index is 12.2. The third-order valence-electron chi connectivity index (χ3n) is 3.88. The number of aromatic amines is 1. The van der Waals surface area contributed by atoms with Crippen LogP contribution in [0.3, 0.4) is 0 Å². The second kappa shape index (κ2) is 9.88. The molecule has 4 nitrogen and oxygen atoms in total. The molecule has 0 atom stereocenters. The lowest BCUT2D eigenvalue weighted by Gasteiger charge is -2.12. The van der Waals surface area contributed by atoms with Crippen LogP contribution in [-0.4, -0.2) is 37.3 Å². The minimum atomic E-state index is -4.16. The summed E-state index contributed by atoms with van der Waals surface area (Å²) < 4.78 is 36.5. The lowest BCUT2D eigenvalue weighted by molar-refractivity contribution is -0.132. The molecule has 0 saturated carbocycles. The van der Waals surface area contributed by atoms with Crippen LogP contribution in [0.25, 0.3) is 10.9 Å². The van der Waals surface area contributed by atoms with Gasteiger partial charge in [0.1, 0.15) is 0 Å². The van der Waals surface area contributed by atoms with E-state index in [-0.39, 0.29) is 30.5 Å². The summed E-state index contributed by atoms with van der Waals surface area (Å²) in [6.45, 7) is 2.53. The average Bonchev–Trinajstić information content (AvgIpc) is 2.95. The van der Waals surface area contributed by atoms with E-state index in [1.165, 1.54) is 16.5 Å². The molecule has 0 saturated heterocycles. The predicted octanol–water partition coefficient (Wildman–Crippen LogP) is 4.01. The van der Waals surface area contributed by atoms with Crippen LogP contribution in [0.1, 0.15) is 24.5 Å². The zero-order valence-corrected chi connectivity index (χ0v) is 16.7. The van der Waals surface area contributed by atoms with Crippen molar-refractivity contribution in [3.8, 4) is 0 Å². The highest BCUT2D eigenvalue weighted by atomic mass is 127. The zero-order valence-electron chi connectivity index (χ0n) is 14.3. The standard InChI is InChI=1S/C17H23F3N4.HI/c1-3-12-5-4-6-14-13(11-24-15(12)14)7-9-22-16(21-2)23-10-8-17(18,19)20;/h4-6,11,24H,3,7-10H2,1-2H3,(H2,21,22,23);1H. The fraction of sp³-hybridized carbons (Fsp3) is 0.471. The van der Waals surface area contributed by atoms with E-state index in [4.69, 9.17) is 0 Å². The number of H-pyrrole nitrogens is 1. The normalized spacial score (nSPS) is 12.1. The molecule has 0 amide bonds. The van der Waals surface area contributed by atoms with Crippen molar-refractivity contribution in [1.82, 2.24) is 15.6 Å². The number of nitrogens with one attached hydrogen (secondary N) is 3. The van der Waals surface area contributed by atoms with Gasteiger partial charge in [-0.3, -0.25) is 4.99 Å². The van der Waals surface area contributed by atoms with Gasteiger partial charge in [0, 0.05) is 37.2 Å². The Morgan fingerprint density at radius 3 is 2.52 bits per heavy atom. The van der Waals surface area contributed by atoms with Crippen LogP contribution in [0.15, 0.2) is 29.4 Å². The second-order valence-electron chi connectivity index (χ2n) is 5.55. The van der Waals surface area contributed by atoms with Gasteiger partial charge in [-0.15, -0.1) is 24.0 Å². The van der Waals surface area contributed by atoms with Crippen LogP contribution in [0.5, 0.6) is 0 Å². The fourth-order valence-corrected chi connectivity index (χ4v) is 2.64. The van der Waals surface area contributed by atoms with Crippen molar-refractivity contribution in [2.45, 2.75) is 32.4 Å². The van der Waals surface area contributed by atoms with Gasteiger partial charge in [0.15, 0.2) is 5.96 Å². The van der Waals surface area contributed by atoms with Crippen LogP contribution >= 0.6 is 24.0 Å². The summed E-state index contributed by atoms with van der Waals surface area (Å²) in [5.74, 6) is 0.383. The first kappa shape index (κ1) is 21.6. The minimum absolute atomic E-state index is 0. The molecule has 1 heterocycles. The fourth-order valence-electron chi connectivity index (χ4n) is 2.64. The molecular formula is C17H24F3IN4. The summed E-state index contributed by atoms with van der Waals surface area (Å²) in [5, 5.41) is 6.91. The summed E-state index contributed by atoms with van der Waals surface area (Å²) in [4.78, 5) is 7.25. The van der Waals surface area contributed by atoms with Gasteiger partial charge < -0.3 is 15.6 Å². The Labute approximate surface area is 162 Å². The van der Waals surface area contributed by atoms with Gasteiger partial charge >= 0.3 is 6.18 Å². The Balaban J connectivity index is 0.00000312. The van der Waals surface area contributed by atoms with Gasteiger partial charge in [-0.2, -0.15) is 13.2 Å². The number of para-hydroxylation sites is 1. The van der Waals surface area contributed by atoms with Crippen LogP contribution in [0.2, 0.25) is 0 Å². The number of benzene rings is 1. The lowest BCUT2D eigenvalue weighted by atomic mass is 10.1. The Kier molecular flexibility index (Phi) is 8.54. The van der Waals surface area contributed by atoms with Gasteiger partial charge in [0.05, 0.1) is 6.42 Å². The van der Waals surface area contributed by atoms with Crippen LogP contribution < -0.4 is 10.6 Å². The van der Waals surface area contributed by atoms with E-state index in [1.807, 2.05) is 12.3 Å². The maximum Gasteiger partial charge on any atom is 0.390 e. The molecule has 3 N–H and O–H groups in total. The number of hydrogen-bond donors (Lipinski definition) is 3. The number of aryl methyl sites for hydroxylation is 1. The number of alkyl halides is 3.